The lowest BCUT2D eigenvalue weighted by molar-refractivity contribution is -0.144. The summed E-state index contributed by atoms with van der Waals surface area (Å²) in [5.74, 6) is -1.85. The Morgan fingerprint density at radius 1 is 1.09 bits per heavy atom. The number of imide groups is 1. The molecule has 1 aliphatic heterocycles. The molecular weight excluding hydrogens is 477 g/mol. The van der Waals surface area contributed by atoms with Crippen molar-refractivity contribution in [3.8, 4) is 0 Å². The van der Waals surface area contributed by atoms with Crippen molar-refractivity contribution in [1.29, 1.82) is 0 Å². The van der Waals surface area contributed by atoms with Gasteiger partial charge in [0, 0.05) is 40.7 Å². The molecule has 3 atom stereocenters. The highest BCUT2D eigenvalue weighted by Crippen LogP contribution is 2.35. The Bertz CT molecular complexity index is 972. The molecule has 34 heavy (non-hydrogen) atoms. The molecule has 2 aliphatic rings. The number of likely N-dealkylation sites (tertiary alicyclic amines) is 1. The first-order valence-electron chi connectivity index (χ1n) is 11.5. The lowest BCUT2D eigenvalue weighted by Gasteiger charge is -2.32. The van der Waals surface area contributed by atoms with E-state index in [1.165, 1.54) is 9.80 Å². The molecule has 1 saturated heterocycles. The minimum atomic E-state index is -0.823. The maximum absolute atomic E-state index is 13.4. The van der Waals surface area contributed by atoms with E-state index in [0.29, 0.717) is 28.5 Å². The van der Waals surface area contributed by atoms with E-state index in [-0.39, 0.29) is 55.0 Å². The molecule has 1 aliphatic carbocycles. The van der Waals surface area contributed by atoms with E-state index in [0.717, 1.165) is 0 Å². The van der Waals surface area contributed by atoms with Crippen LogP contribution in [-0.2, 0) is 25.7 Å². The molecule has 0 bridgehead atoms. The summed E-state index contributed by atoms with van der Waals surface area (Å²) in [6, 6.07) is 4.22. The number of amides is 4. The van der Waals surface area contributed by atoms with Crippen LogP contribution >= 0.6 is 23.2 Å². The van der Waals surface area contributed by atoms with Gasteiger partial charge in [-0.2, -0.15) is 0 Å². The van der Waals surface area contributed by atoms with Crippen LogP contribution in [0, 0.1) is 11.8 Å². The molecule has 1 heterocycles. The number of carbonyl (C=O) groups is 4. The molecule has 4 amide bonds. The number of nitrogens with one attached hydrogen (secondary N) is 1. The summed E-state index contributed by atoms with van der Waals surface area (Å²) in [5, 5.41) is 3.66. The lowest BCUT2D eigenvalue weighted by Crippen LogP contribution is -2.52. The lowest BCUT2D eigenvalue weighted by atomic mass is 9.85. The molecule has 0 spiro atoms. The topological polar surface area (TPSA) is 86.8 Å². The van der Waals surface area contributed by atoms with Gasteiger partial charge in [-0.15, -0.1) is 0 Å². The zero-order chi connectivity index (χ0) is 25.2. The van der Waals surface area contributed by atoms with Crippen molar-refractivity contribution < 1.29 is 19.2 Å². The van der Waals surface area contributed by atoms with Gasteiger partial charge in [0.25, 0.3) is 0 Å². The first kappa shape index (κ1) is 26.2. The normalized spacial score (nSPS) is 20.8. The molecule has 1 aromatic carbocycles. The molecule has 1 aromatic rings. The Hall–Kier alpha value is -2.38. The minimum absolute atomic E-state index is 0.0210. The highest BCUT2D eigenvalue weighted by Gasteiger charge is 2.47. The number of halogens is 2. The molecule has 0 radical (unpaired) electrons. The molecular formula is C25H31Cl2N3O4. The standard InChI is InChI=1S/C25H31Cl2N3O4/c1-15(22(32)28-25(2,3)4)30(14-18-19(26)10-7-11-20(18)27)21(31)12-13-29-23(33)16-8-5-6-9-17(16)24(29)34/h5-7,10-11,15-17H,8-9,12-14H2,1-4H3,(H,28,32)/t15-,16-,17+/m1/s1. The van der Waals surface area contributed by atoms with Gasteiger partial charge in [0.15, 0.2) is 0 Å². The molecule has 9 heteroatoms. The quantitative estimate of drug-likeness (QED) is 0.446. The van der Waals surface area contributed by atoms with Crippen LogP contribution in [0.15, 0.2) is 30.4 Å². The van der Waals surface area contributed by atoms with Crippen molar-refractivity contribution in [2.75, 3.05) is 6.54 Å². The maximum atomic E-state index is 13.4. The number of benzene rings is 1. The maximum Gasteiger partial charge on any atom is 0.242 e. The van der Waals surface area contributed by atoms with Crippen molar-refractivity contribution in [3.05, 3.63) is 46.0 Å². The van der Waals surface area contributed by atoms with Crippen molar-refractivity contribution in [2.45, 2.75) is 65.1 Å². The van der Waals surface area contributed by atoms with Gasteiger partial charge in [0.1, 0.15) is 6.04 Å². The fourth-order valence-electron chi connectivity index (χ4n) is 4.35. The summed E-state index contributed by atoms with van der Waals surface area (Å²) in [7, 11) is 0. The van der Waals surface area contributed by atoms with Gasteiger partial charge in [-0.25, -0.2) is 0 Å². The van der Waals surface area contributed by atoms with Gasteiger partial charge < -0.3 is 10.2 Å². The second-order valence-corrected chi connectivity index (χ2v) is 10.7. The molecule has 0 aromatic heterocycles. The fraction of sp³-hybridized carbons (Fsp3) is 0.520. The number of fused-ring (bicyclic) bond motifs is 1. The number of allylic oxidation sites excluding steroid dienone is 2. The van der Waals surface area contributed by atoms with Crippen LogP contribution in [0.3, 0.4) is 0 Å². The zero-order valence-corrected chi connectivity index (χ0v) is 21.4. The Labute approximate surface area is 210 Å². The van der Waals surface area contributed by atoms with E-state index in [9.17, 15) is 19.2 Å². The van der Waals surface area contributed by atoms with E-state index in [1.807, 2.05) is 32.9 Å². The van der Waals surface area contributed by atoms with Crippen LogP contribution in [0.1, 0.15) is 52.5 Å². The van der Waals surface area contributed by atoms with Gasteiger partial charge in [0.2, 0.25) is 23.6 Å². The molecule has 0 saturated carbocycles. The molecule has 3 rings (SSSR count). The summed E-state index contributed by atoms with van der Waals surface area (Å²) in [5.41, 5.74) is 0.0425. The van der Waals surface area contributed by atoms with Gasteiger partial charge in [-0.1, -0.05) is 41.4 Å². The number of rotatable bonds is 7. The van der Waals surface area contributed by atoms with Gasteiger partial charge >= 0.3 is 0 Å². The summed E-state index contributed by atoms with van der Waals surface area (Å²) in [4.78, 5) is 54.4. The highest BCUT2D eigenvalue weighted by molar-refractivity contribution is 6.36. The average Bonchev–Trinajstić information content (AvgIpc) is 3.00. The summed E-state index contributed by atoms with van der Waals surface area (Å²) < 4.78 is 0. The van der Waals surface area contributed by atoms with Crippen molar-refractivity contribution in [1.82, 2.24) is 15.1 Å². The summed E-state index contributed by atoms with van der Waals surface area (Å²) in [6.45, 7) is 7.20. The third kappa shape index (κ3) is 5.81. The number of nitrogens with zero attached hydrogens (tertiary/aromatic N) is 2. The second-order valence-electron chi connectivity index (χ2n) is 9.87. The minimum Gasteiger partial charge on any atom is -0.350 e. The predicted octanol–water partition coefficient (Wildman–Crippen LogP) is 3.97. The van der Waals surface area contributed by atoms with Crippen molar-refractivity contribution >= 4 is 46.8 Å². The Kier molecular flexibility index (Phi) is 8.09. The third-order valence-electron chi connectivity index (χ3n) is 6.20. The Balaban J connectivity index is 1.78. The molecule has 184 valence electrons. The number of hydrogen-bond donors (Lipinski definition) is 1. The zero-order valence-electron chi connectivity index (χ0n) is 19.9. The Morgan fingerprint density at radius 3 is 2.12 bits per heavy atom. The predicted molar refractivity (Wildman–Crippen MR) is 131 cm³/mol. The highest BCUT2D eigenvalue weighted by atomic mass is 35.5. The van der Waals surface area contributed by atoms with Crippen LogP contribution < -0.4 is 5.32 Å². The van der Waals surface area contributed by atoms with E-state index in [2.05, 4.69) is 5.32 Å². The molecule has 1 fully saturated rings. The van der Waals surface area contributed by atoms with Crippen LogP contribution in [0.25, 0.3) is 0 Å². The van der Waals surface area contributed by atoms with Crippen molar-refractivity contribution in [3.63, 3.8) is 0 Å². The van der Waals surface area contributed by atoms with E-state index < -0.39 is 11.6 Å². The molecule has 0 unspecified atom stereocenters. The van der Waals surface area contributed by atoms with Gasteiger partial charge in [-0.3, -0.25) is 24.1 Å². The van der Waals surface area contributed by atoms with E-state index in [4.69, 9.17) is 23.2 Å². The Morgan fingerprint density at radius 2 is 1.62 bits per heavy atom. The monoisotopic (exact) mass is 507 g/mol. The van der Waals surface area contributed by atoms with Crippen LogP contribution in [0.4, 0.5) is 0 Å². The van der Waals surface area contributed by atoms with Crippen LogP contribution in [-0.4, -0.2) is 51.6 Å². The smallest absolute Gasteiger partial charge is 0.242 e. The first-order valence-corrected chi connectivity index (χ1v) is 12.2. The largest absolute Gasteiger partial charge is 0.350 e. The van der Waals surface area contributed by atoms with Crippen molar-refractivity contribution in [2.24, 2.45) is 11.8 Å². The van der Waals surface area contributed by atoms with Crippen LogP contribution in [0.2, 0.25) is 10.0 Å². The molecule has 1 N–H and O–H groups in total. The van der Waals surface area contributed by atoms with Gasteiger partial charge in [0.05, 0.1) is 11.8 Å². The SMILES string of the molecule is C[C@H](C(=O)NC(C)(C)C)N(Cc1c(Cl)cccc1Cl)C(=O)CCN1C(=O)[C@H]2CC=CC[C@H]2C1=O. The van der Waals surface area contributed by atoms with E-state index in [1.54, 1.807) is 25.1 Å². The summed E-state index contributed by atoms with van der Waals surface area (Å²) in [6.07, 6.45) is 4.83. The van der Waals surface area contributed by atoms with Gasteiger partial charge in [-0.05, 0) is 52.7 Å². The van der Waals surface area contributed by atoms with Crippen LogP contribution in [0.5, 0.6) is 0 Å². The third-order valence-corrected chi connectivity index (χ3v) is 6.91. The summed E-state index contributed by atoms with van der Waals surface area (Å²) >= 11 is 12.7. The first-order chi connectivity index (χ1) is 15.9. The second kappa shape index (κ2) is 10.5. The average molecular weight is 508 g/mol. The molecule has 7 nitrogen and oxygen atoms in total. The fourth-order valence-corrected chi connectivity index (χ4v) is 4.87. The number of hydrogen-bond acceptors (Lipinski definition) is 4. The number of carbonyl (C=O) groups excluding carboxylic acids is 4. The van der Waals surface area contributed by atoms with E-state index >= 15 is 0 Å².